The lowest BCUT2D eigenvalue weighted by Crippen LogP contribution is -2.60. The predicted molar refractivity (Wildman–Crippen MR) is 122 cm³/mol. The maximum Gasteiger partial charge on any atom is 0.388 e. The van der Waals surface area contributed by atoms with Gasteiger partial charge in [0.25, 0.3) is 6.02 Å². The van der Waals surface area contributed by atoms with Crippen LogP contribution in [0.3, 0.4) is 0 Å². The molecule has 0 spiro atoms. The van der Waals surface area contributed by atoms with Crippen molar-refractivity contribution in [1.29, 1.82) is 0 Å². The number of amidine groups is 1. The third-order valence-corrected chi connectivity index (χ3v) is 6.88. The summed E-state index contributed by atoms with van der Waals surface area (Å²) in [5, 5.41) is 3.18. The van der Waals surface area contributed by atoms with E-state index in [4.69, 9.17) is 15.2 Å². The highest BCUT2D eigenvalue weighted by atomic mass is 19.3. The Morgan fingerprint density at radius 3 is 2.71 bits per heavy atom. The molecule has 1 aromatic heterocycles. The van der Waals surface area contributed by atoms with Crippen molar-refractivity contribution in [2.45, 2.75) is 70.0 Å². The number of ether oxygens (including phenoxy) is 3. The van der Waals surface area contributed by atoms with Crippen LogP contribution in [0.15, 0.2) is 24.0 Å². The van der Waals surface area contributed by atoms with Gasteiger partial charge >= 0.3 is 6.61 Å². The van der Waals surface area contributed by atoms with Crippen molar-refractivity contribution in [3.63, 3.8) is 0 Å². The van der Waals surface area contributed by atoms with Crippen molar-refractivity contribution >= 4 is 11.7 Å². The summed E-state index contributed by atoms with van der Waals surface area (Å²) in [5.74, 6) is -1.47. The Bertz CT molecular complexity index is 875. The van der Waals surface area contributed by atoms with Gasteiger partial charge in [-0.3, -0.25) is 0 Å². The lowest BCUT2D eigenvalue weighted by Gasteiger charge is -2.48. The minimum absolute atomic E-state index is 0.111. The molecule has 3 N–H and O–H groups in total. The molecule has 0 aromatic carbocycles. The zero-order valence-electron chi connectivity index (χ0n) is 19.9. The molecule has 8 nitrogen and oxygen atoms in total. The number of aromatic nitrogens is 2. The number of nitrogens with zero attached hydrogens (tertiary/aromatic N) is 3. The van der Waals surface area contributed by atoms with Crippen molar-refractivity contribution in [3.8, 4) is 5.88 Å². The van der Waals surface area contributed by atoms with E-state index >= 15 is 4.39 Å². The summed E-state index contributed by atoms with van der Waals surface area (Å²) in [6, 6.07) is -0.262. The Morgan fingerprint density at radius 2 is 2.09 bits per heavy atom. The van der Waals surface area contributed by atoms with Gasteiger partial charge in [-0.1, -0.05) is 20.4 Å². The van der Waals surface area contributed by atoms with Gasteiger partial charge in [0.1, 0.15) is 30.2 Å². The number of nitrogens with two attached hydrogens (primary N) is 1. The van der Waals surface area contributed by atoms with Crippen LogP contribution in [0.4, 0.5) is 17.6 Å². The summed E-state index contributed by atoms with van der Waals surface area (Å²) in [6.07, 6.45) is 2.44. The molecule has 3 rings (SSSR count). The van der Waals surface area contributed by atoms with Crippen molar-refractivity contribution in [2.24, 2.45) is 22.6 Å². The lowest BCUT2D eigenvalue weighted by molar-refractivity contribution is -0.0960. The quantitative estimate of drug-likeness (QED) is 0.420. The maximum atomic E-state index is 15.5. The largest absolute Gasteiger partial charge is 0.462 e. The first kappa shape index (κ1) is 27.0. The van der Waals surface area contributed by atoms with Crippen LogP contribution >= 0.6 is 0 Å². The molecule has 2 aliphatic rings. The molecule has 0 amide bonds. The van der Waals surface area contributed by atoms with Crippen LogP contribution in [0.5, 0.6) is 5.88 Å². The molecule has 0 saturated carbocycles. The Kier molecular flexibility index (Phi) is 9.15. The van der Waals surface area contributed by atoms with E-state index in [-0.39, 0.29) is 37.1 Å². The van der Waals surface area contributed by atoms with Crippen molar-refractivity contribution in [1.82, 2.24) is 15.3 Å². The SMILES string of the molecule is C=C(NC(CC)CCC(F)C(C)[C@@]1(CF)N=C(N)OC2CCOC[C@@H]21)c1cnc(OC(F)F)cn1. The Morgan fingerprint density at radius 1 is 1.31 bits per heavy atom. The first-order valence-electron chi connectivity index (χ1n) is 11.7. The molecule has 35 heavy (non-hydrogen) atoms. The van der Waals surface area contributed by atoms with E-state index < -0.39 is 36.8 Å². The average molecular weight is 504 g/mol. The smallest absolute Gasteiger partial charge is 0.388 e. The van der Waals surface area contributed by atoms with Crippen LogP contribution < -0.4 is 15.8 Å². The van der Waals surface area contributed by atoms with Crippen molar-refractivity contribution in [3.05, 3.63) is 24.7 Å². The topological polar surface area (TPSA) is 104 Å². The number of aliphatic imine (C=N–C) groups is 1. The van der Waals surface area contributed by atoms with Gasteiger partial charge < -0.3 is 25.3 Å². The first-order valence-corrected chi connectivity index (χ1v) is 11.7. The summed E-state index contributed by atoms with van der Waals surface area (Å²) in [7, 11) is 0. The van der Waals surface area contributed by atoms with Crippen LogP contribution in [0, 0.1) is 11.8 Å². The molecule has 4 unspecified atom stereocenters. The van der Waals surface area contributed by atoms with E-state index in [1.807, 2.05) is 6.92 Å². The molecule has 3 heterocycles. The summed E-state index contributed by atoms with van der Waals surface area (Å²) in [6.45, 7) is 4.36. The zero-order valence-corrected chi connectivity index (χ0v) is 19.9. The highest BCUT2D eigenvalue weighted by Crippen LogP contribution is 2.43. The van der Waals surface area contributed by atoms with Crippen molar-refractivity contribution in [2.75, 3.05) is 19.9 Å². The molecular weight excluding hydrogens is 470 g/mol. The minimum atomic E-state index is -2.99. The average Bonchev–Trinajstić information content (AvgIpc) is 2.85. The van der Waals surface area contributed by atoms with E-state index in [1.54, 1.807) is 6.92 Å². The van der Waals surface area contributed by atoms with Gasteiger partial charge in [-0.05, 0) is 19.3 Å². The number of rotatable bonds is 12. The van der Waals surface area contributed by atoms with E-state index in [0.717, 1.165) is 6.20 Å². The van der Waals surface area contributed by atoms with Crippen LogP contribution in [0.25, 0.3) is 5.70 Å². The first-order chi connectivity index (χ1) is 16.7. The molecule has 0 radical (unpaired) electrons. The number of alkyl halides is 4. The number of halogens is 4. The summed E-state index contributed by atoms with van der Waals surface area (Å²) >= 11 is 0. The molecule has 1 fully saturated rings. The van der Waals surface area contributed by atoms with Crippen molar-refractivity contribution < 1.29 is 31.8 Å². The van der Waals surface area contributed by atoms with E-state index in [1.165, 1.54) is 6.20 Å². The second-order valence-corrected chi connectivity index (χ2v) is 8.93. The van der Waals surface area contributed by atoms with E-state index in [9.17, 15) is 13.2 Å². The molecule has 1 saturated heterocycles. The number of hydrogen-bond acceptors (Lipinski definition) is 8. The standard InChI is InChI=1S/C23H33F4N5O3/c1-4-15(31-14(3)18-9-30-20(10-29-18)35-21(26)27)5-6-17(25)13(2)23(12-24)16-11-33-8-7-19(16)34-22(28)32-23/h9-10,13,15-17,19,21,31H,3-8,11-12H2,1-2H3,(H2,28,32)/t13?,15?,16-,17?,19?,23+/m0/s1. The fraction of sp³-hybridized carbons (Fsp3) is 0.696. The van der Waals surface area contributed by atoms with Gasteiger partial charge in [0.05, 0.1) is 31.3 Å². The van der Waals surface area contributed by atoms with Crippen LogP contribution in [-0.4, -0.2) is 66.3 Å². The fourth-order valence-corrected chi connectivity index (χ4v) is 4.73. The normalized spacial score (nSPS) is 26.7. The van der Waals surface area contributed by atoms with Gasteiger partial charge in [-0.2, -0.15) is 8.78 Å². The minimum Gasteiger partial charge on any atom is -0.462 e. The molecule has 12 heteroatoms. The highest BCUT2D eigenvalue weighted by Gasteiger charge is 2.54. The Labute approximate surface area is 202 Å². The summed E-state index contributed by atoms with van der Waals surface area (Å²) < 4.78 is 69.8. The Hall–Kier alpha value is -2.63. The fourth-order valence-electron chi connectivity index (χ4n) is 4.73. The third kappa shape index (κ3) is 6.33. The predicted octanol–water partition coefficient (Wildman–Crippen LogP) is 3.63. The van der Waals surface area contributed by atoms with Crippen LogP contribution in [0.2, 0.25) is 0 Å². The molecule has 1 aromatic rings. The monoisotopic (exact) mass is 503 g/mol. The van der Waals surface area contributed by atoms with Gasteiger partial charge in [-0.15, -0.1) is 0 Å². The van der Waals surface area contributed by atoms with Gasteiger partial charge in [0.15, 0.2) is 0 Å². The van der Waals surface area contributed by atoms with Gasteiger partial charge in [0.2, 0.25) is 5.88 Å². The van der Waals surface area contributed by atoms with E-state index in [0.29, 0.717) is 37.3 Å². The molecule has 0 bridgehead atoms. The Balaban J connectivity index is 1.60. The summed E-state index contributed by atoms with van der Waals surface area (Å²) in [5.41, 5.74) is 5.26. The number of hydrogen-bond donors (Lipinski definition) is 2. The van der Waals surface area contributed by atoms with Gasteiger partial charge in [-0.25, -0.2) is 23.7 Å². The maximum absolute atomic E-state index is 15.5. The highest BCUT2D eigenvalue weighted by molar-refractivity contribution is 5.73. The summed E-state index contributed by atoms with van der Waals surface area (Å²) in [4.78, 5) is 12.1. The number of nitrogens with one attached hydrogen (secondary N) is 1. The lowest BCUT2D eigenvalue weighted by atomic mass is 9.69. The van der Waals surface area contributed by atoms with E-state index in [2.05, 4.69) is 31.6 Å². The molecular formula is C23H33F4N5O3. The van der Waals surface area contributed by atoms with Gasteiger partial charge in [0, 0.05) is 24.3 Å². The second kappa shape index (κ2) is 11.9. The van der Waals surface area contributed by atoms with Crippen LogP contribution in [-0.2, 0) is 9.47 Å². The molecule has 196 valence electrons. The molecule has 6 atom stereocenters. The second-order valence-electron chi connectivity index (χ2n) is 8.93. The molecule has 0 aliphatic carbocycles. The molecule has 2 aliphatic heterocycles. The number of fused-ring (bicyclic) bond motifs is 1. The zero-order chi connectivity index (χ0) is 25.6. The van der Waals surface area contributed by atoms with Crippen LogP contribution in [0.1, 0.15) is 45.2 Å². The third-order valence-electron chi connectivity index (χ3n) is 6.88.